The maximum Gasteiger partial charge on any atom is 0.338 e. The number of benzene rings is 3. The van der Waals surface area contributed by atoms with Crippen LogP contribution in [0.15, 0.2) is 79.1 Å². The molecule has 5 rings (SSSR count). The zero-order valence-electron chi connectivity index (χ0n) is 18.3. The second kappa shape index (κ2) is 8.97. The van der Waals surface area contributed by atoms with Gasteiger partial charge in [0.1, 0.15) is 12.9 Å². The number of carbonyl (C=O) groups excluding carboxylic acids is 1. The molecule has 5 nitrogen and oxygen atoms in total. The fourth-order valence-electron chi connectivity index (χ4n) is 4.52. The average Bonchev–Trinajstić information content (AvgIpc) is 3.27. The molecule has 1 atom stereocenters. The van der Waals surface area contributed by atoms with Crippen molar-refractivity contribution in [1.82, 2.24) is 14.5 Å². The zero-order chi connectivity index (χ0) is 21.9. The Morgan fingerprint density at radius 2 is 1.94 bits per heavy atom. The molecule has 0 saturated carbocycles. The molecule has 0 aliphatic carbocycles. The highest BCUT2D eigenvalue weighted by Crippen LogP contribution is 2.28. The molecule has 32 heavy (non-hydrogen) atoms. The molecule has 0 radical (unpaired) electrons. The van der Waals surface area contributed by atoms with Gasteiger partial charge in [0.15, 0.2) is 0 Å². The van der Waals surface area contributed by atoms with Crippen molar-refractivity contribution >= 4 is 17.0 Å². The largest absolute Gasteiger partial charge is 0.457 e. The Kier molecular flexibility index (Phi) is 5.73. The van der Waals surface area contributed by atoms with Gasteiger partial charge in [0.25, 0.3) is 0 Å². The maximum atomic E-state index is 12.5. The van der Waals surface area contributed by atoms with Gasteiger partial charge in [0.2, 0.25) is 0 Å². The van der Waals surface area contributed by atoms with Crippen LogP contribution in [0.1, 0.15) is 40.2 Å². The van der Waals surface area contributed by atoms with Gasteiger partial charge in [0, 0.05) is 12.2 Å². The average molecular weight is 426 g/mol. The minimum Gasteiger partial charge on any atom is -0.457 e. The van der Waals surface area contributed by atoms with E-state index in [1.807, 2.05) is 48.8 Å². The Bertz CT molecular complexity index is 1230. The summed E-state index contributed by atoms with van der Waals surface area (Å²) < 4.78 is 7.56. The van der Waals surface area contributed by atoms with Gasteiger partial charge >= 0.3 is 5.97 Å². The quantitative estimate of drug-likeness (QED) is 0.413. The molecular weight excluding hydrogens is 398 g/mol. The van der Waals surface area contributed by atoms with Gasteiger partial charge in [-0.25, -0.2) is 9.78 Å². The summed E-state index contributed by atoms with van der Waals surface area (Å²) in [6.45, 7) is 2.54. The highest BCUT2D eigenvalue weighted by atomic mass is 16.5. The highest BCUT2D eigenvalue weighted by molar-refractivity contribution is 5.94. The van der Waals surface area contributed by atoms with Crippen molar-refractivity contribution in [3.8, 4) is 5.69 Å². The number of likely N-dealkylation sites (tertiary alicyclic amines) is 1. The van der Waals surface area contributed by atoms with Crippen molar-refractivity contribution in [3.05, 3.63) is 95.8 Å². The third-order valence-corrected chi connectivity index (χ3v) is 6.24. The summed E-state index contributed by atoms with van der Waals surface area (Å²) in [4.78, 5) is 19.5. The molecule has 1 fully saturated rings. The van der Waals surface area contributed by atoms with Gasteiger partial charge in [-0.2, -0.15) is 0 Å². The molecule has 1 aromatic heterocycles. The van der Waals surface area contributed by atoms with Crippen molar-refractivity contribution in [3.63, 3.8) is 0 Å². The number of ether oxygens (including phenoxy) is 1. The molecule has 3 aromatic carbocycles. The van der Waals surface area contributed by atoms with E-state index in [1.54, 1.807) is 6.07 Å². The highest BCUT2D eigenvalue weighted by Gasteiger charge is 2.19. The van der Waals surface area contributed by atoms with Crippen molar-refractivity contribution < 1.29 is 9.53 Å². The number of piperidine rings is 1. The molecular formula is C27H27N3O2. The molecule has 0 spiro atoms. The SMILES string of the molecule is CN1CCCC(c2cccc(-n3cnc4cc(C(=O)OCc5ccccc5)ccc43)c2)C1. The van der Waals surface area contributed by atoms with Crippen LogP contribution in [0.5, 0.6) is 0 Å². The monoisotopic (exact) mass is 425 g/mol. The molecule has 4 aromatic rings. The van der Waals surface area contributed by atoms with E-state index >= 15 is 0 Å². The van der Waals surface area contributed by atoms with Crippen LogP contribution in [-0.4, -0.2) is 40.6 Å². The summed E-state index contributed by atoms with van der Waals surface area (Å²) in [6.07, 6.45) is 4.30. The summed E-state index contributed by atoms with van der Waals surface area (Å²) in [6, 6.07) is 24.0. The number of likely N-dealkylation sites (N-methyl/N-ethyl adjacent to an activating group) is 1. The molecule has 1 aliphatic heterocycles. The van der Waals surface area contributed by atoms with Crippen LogP contribution in [0.3, 0.4) is 0 Å². The molecule has 1 aliphatic rings. The van der Waals surface area contributed by atoms with E-state index in [0.29, 0.717) is 11.5 Å². The lowest BCUT2D eigenvalue weighted by Crippen LogP contribution is -2.30. The molecule has 0 bridgehead atoms. The summed E-state index contributed by atoms with van der Waals surface area (Å²) in [5.41, 5.74) is 5.70. The van der Waals surface area contributed by atoms with Crippen LogP contribution in [-0.2, 0) is 11.3 Å². The molecule has 0 N–H and O–H groups in total. The fraction of sp³-hybridized carbons (Fsp3) is 0.259. The number of hydrogen-bond donors (Lipinski definition) is 0. The van der Waals surface area contributed by atoms with Gasteiger partial charge in [0.05, 0.1) is 16.6 Å². The van der Waals surface area contributed by atoms with E-state index in [2.05, 4.69) is 45.8 Å². The number of carbonyl (C=O) groups is 1. The first-order chi connectivity index (χ1) is 15.7. The van der Waals surface area contributed by atoms with E-state index in [0.717, 1.165) is 28.8 Å². The van der Waals surface area contributed by atoms with E-state index in [9.17, 15) is 4.79 Å². The summed E-state index contributed by atoms with van der Waals surface area (Å²) in [7, 11) is 2.20. The van der Waals surface area contributed by atoms with Crippen LogP contribution < -0.4 is 0 Å². The van der Waals surface area contributed by atoms with Crippen LogP contribution in [0.25, 0.3) is 16.7 Å². The Morgan fingerprint density at radius 1 is 1.06 bits per heavy atom. The lowest BCUT2D eigenvalue weighted by atomic mass is 9.90. The van der Waals surface area contributed by atoms with E-state index in [-0.39, 0.29) is 12.6 Å². The number of hydrogen-bond acceptors (Lipinski definition) is 4. The Labute approximate surface area is 188 Å². The summed E-state index contributed by atoms with van der Waals surface area (Å²) in [5.74, 6) is 0.225. The van der Waals surface area contributed by atoms with Crippen LogP contribution >= 0.6 is 0 Å². The van der Waals surface area contributed by atoms with Crippen molar-refractivity contribution in [2.24, 2.45) is 0 Å². The van der Waals surface area contributed by atoms with E-state index in [1.165, 1.54) is 24.9 Å². The van der Waals surface area contributed by atoms with Gasteiger partial charge < -0.3 is 9.64 Å². The molecule has 2 heterocycles. The Hall–Kier alpha value is -3.44. The normalized spacial score (nSPS) is 16.8. The lowest BCUT2D eigenvalue weighted by molar-refractivity contribution is 0.0473. The third kappa shape index (κ3) is 4.30. The van der Waals surface area contributed by atoms with Gasteiger partial charge in [-0.05, 0) is 73.8 Å². The number of esters is 1. The maximum absolute atomic E-state index is 12.5. The zero-order valence-corrected chi connectivity index (χ0v) is 18.3. The van der Waals surface area contributed by atoms with Crippen LogP contribution in [0.4, 0.5) is 0 Å². The molecule has 1 saturated heterocycles. The minimum absolute atomic E-state index is 0.259. The molecule has 0 amide bonds. The predicted molar refractivity (Wildman–Crippen MR) is 126 cm³/mol. The first kappa shape index (κ1) is 20.5. The van der Waals surface area contributed by atoms with Crippen molar-refractivity contribution in [2.75, 3.05) is 20.1 Å². The lowest BCUT2D eigenvalue weighted by Gasteiger charge is -2.30. The van der Waals surface area contributed by atoms with Gasteiger partial charge in [-0.1, -0.05) is 42.5 Å². The minimum atomic E-state index is -0.339. The van der Waals surface area contributed by atoms with E-state index < -0.39 is 0 Å². The van der Waals surface area contributed by atoms with Crippen molar-refractivity contribution in [2.45, 2.75) is 25.4 Å². The van der Waals surface area contributed by atoms with Crippen LogP contribution in [0.2, 0.25) is 0 Å². The second-order valence-corrected chi connectivity index (χ2v) is 8.58. The number of nitrogens with zero attached hydrogens (tertiary/aromatic N) is 3. The third-order valence-electron chi connectivity index (χ3n) is 6.24. The second-order valence-electron chi connectivity index (χ2n) is 8.58. The number of rotatable bonds is 5. The predicted octanol–water partition coefficient (Wildman–Crippen LogP) is 5.19. The van der Waals surface area contributed by atoms with Crippen LogP contribution in [0, 0.1) is 0 Å². The first-order valence-electron chi connectivity index (χ1n) is 11.1. The standard InChI is InChI=1S/C27H27N3O2/c1-29-14-6-10-23(17-29)21-9-5-11-24(15-21)30-19-28-25-16-22(12-13-26(25)30)27(31)32-18-20-7-3-2-4-8-20/h2-5,7-9,11-13,15-16,19,23H,6,10,14,17-18H2,1H3. The number of fused-ring (bicyclic) bond motifs is 1. The first-order valence-corrected chi connectivity index (χ1v) is 11.1. The smallest absolute Gasteiger partial charge is 0.338 e. The fourth-order valence-corrected chi connectivity index (χ4v) is 4.52. The molecule has 162 valence electrons. The van der Waals surface area contributed by atoms with Gasteiger partial charge in [-0.3, -0.25) is 4.57 Å². The van der Waals surface area contributed by atoms with E-state index in [4.69, 9.17) is 4.74 Å². The topological polar surface area (TPSA) is 47.4 Å². The summed E-state index contributed by atoms with van der Waals surface area (Å²) >= 11 is 0. The van der Waals surface area contributed by atoms with Gasteiger partial charge in [-0.15, -0.1) is 0 Å². The summed E-state index contributed by atoms with van der Waals surface area (Å²) in [5, 5.41) is 0. The van der Waals surface area contributed by atoms with Crippen molar-refractivity contribution in [1.29, 1.82) is 0 Å². The number of imidazole rings is 1. The Balaban J connectivity index is 1.36. The Morgan fingerprint density at radius 3 is 2.78 bits per heavy atom. The molecule has 1 unspecified atom stereocenters. The number of aromatic nitrogens is 2. The molecule has 5 heteroatoms.